The van der Waals surface area contributed by atoms with Crippen molar-refractivity contribution in [2.24, 2.45) is 27.6 Å². The fraction of sp³-hybridized carbons (Fsp3) is 0.800. The number of nitrogens with one attached hydrogen (secondary N) is 1. The van der Waals surface area contributed by atoms with Gasteiger partial charge in [0.15, 0.2) is 0 Å². The molecule has 4 heteroatoms. The smallest absolute Gasteiger partial charge is 0.332 e. The van der Waals surface area contributed by atoms with Crippen LogP contribution in [0.2, 0.25) is 0 Å². The van der Waals surface area contributed by atoms with Crippen LogP contribution in [0, 0.1) is 16.7 Å². The molecule has 3 N–H and O–H groups in total. The second-order valence-electron chi connectivity index (χ2n) is 5.11. The van der Waals surface area contributed by atoms with Crippen LogP contribution in [0.5, 0.6) is 0 Å². The van der Waals surface area contributed by atoms with Crippen molar-refractivity contribution in [3.8, 4) is 0 Å². The summed E-state index contributed by atoms with van der Waals surface area (Å²) in [6.45, 7) is 10.8. The SMILES string of the molecule is CC(=NNC(N)=O)C1C(C)(C)C1(C)C. The predicted octanol–water partition coefficient (Wildman–Crippen LogP) is 1.71. The molecule has 0 aromatic rings. The summed E-state index contributed by atoms with van der Waals surface area (Å²) in [4.78, 5) is 10.5. The van der Waals surface area contributed by atoms with Gasteiger partial charge in [0.2, 0.25) is 0 Å². The van der Waals surface area contributed by atoms with Gasteiger partial charge in [-0.05, 0) is 17.8 Å². The van der Waals surface area contributed by atoms with E-state index in [4.69, 9.17) is 5.73 Å². The van der Waals surface area contributed by atoms with Gasteiger partial charge >= 0.3 is 6.03 Å². The fourth-order valence-corrected chi connectivity index (χ4v) is 2.45. The highest BCUT2D eigenvalue weighted by molar-refractivity contribution is 5.90. The number of carbonyl (C=O) groups is 1. The summed E-state index contributed by atoms with van der Waals surface area (Å²) in [5.41, 5.74) is 8.65. The third kappa shape index (κ3) is 1.49. The Hall–Kier alpha value is -1.06. The minimum atomic E-state index is -0.611. The zero-order valence-electron chi connectivity index (χ0n) is 9.51. The topological polar surface area (TPSA) is 67.5 Å². The van der Waals surface area contributed by atoms with Crippen molar-refractivity contribution < 1.29 is 4.79 Å². The Morgan fingerprint density at radius 1 is 1.29 bits per heavy atom. The maximum Gasteiger partial charge on any atom is 0.332 e. The molecule has 4 nitrogen and oxygen atoms in total. The van der Waals surface area contributed by atoms with Crippen molar-refractivity contribution in [3.63, 3.8) is 0 Å². The van der Waals surface area contributed by atoms with Crippen molar-refractivity contribution in [3.05, 3.63) is 0 Å². The number of carbonyl (C=O) groups excluding carboxylic acids is 1. The minimum absolute atomic E-state index is 0.250. The number of nitrogens with two attached hydrogens (primary N) is 1. The molecule has 1 aliphatic rings. The normalized spacial score (nSPS) is 24.5. The van der Waals surface area contributed by atoms with E-state index in [0.29, 0.717) is 5.92 Å². The molecular weight excluding hydrogens is 178 g/mol. The maximum absolute atomic E-state index is 10.5. The third-order valence-corrected chi connectivity index (χ3v) is 3.78. The number of nitrogens with zero attached hydrogens (tertiary/aromatic N) is 1. The molecule has 1 fully saturated rings. The molecule has 1 rings (SSSR count). The first-order chi connectivity index (χ1) is 6.21. The first-order valence-corrected chi connectivity index (χ1v) is 4.81. The molecule has 2 amide bonds. The van der Waals surface area contributed by atoms with Crippen LogP contribution in [0.15, 0.2) is 5.10 Å². The van der Waals surface area contributed by atoms with E-state index in [2.05, 4.69) is 38.2 Å². The summed E-state index contributed by atoms with van der Waals surface area (Å²) in [7, 11) is 0. The summed E-state index contributed by atoms with van der Waals surface area (Å²) >= 11 is 0. The van der Waals surface area contributed by atoms with Crippen molar-refractivity contribution in [2.75, 3.05) is 0 Å². The molecule has 0 heterocycles. The Morgan fingerprint density at radius 2 is 1.71 bits per heavy atom. The van der Waals surface area contributed by atoms with Gasteiger partial charge in [-0.3, -0.25) is 0 Å². The lowest BCUT2D eigenvalue weighted by atomic mass is 10.0. The highest BCUT2D eigenvalue weighted by Gasteiger charge is 2.65. The molecule has 0 aliphatic heterocycles. The first kappa shape index (κ1) is 11.0. The molecule has 14 heavy (non-hydrogen) atoms. The van der Waals surface area contributed by atoms with Gasteiger partial charge in [-0.25, -0.2) is 10.2 Å². The number of rotatable bonds is 2. The van der Waals surface area contributed by atoms with E-state index in [1.165, 1.54) is 0 Å². The Labute approximate surface area is 84.9 Å². The Morgan fingerprint density at radius 3 is 2.00 bits per heavy atom. The van der Waals surface area contributed by atoms with Gasteiger partial charge in [0.25, 0.3) is 0 Å². The van der Waals surface area contributed by atoms with E-state index >= 15 is 0 Å². The zero-order valence-corrected chi connectivity index (χ0v) is 9.51. The molecule has 80 valence electrons. The predicted molar refractivity (Wildman–Crippen MR) is 56.9 cm³/mol. The Bertz CT molecular complexity index is 278. The van der Waals surface area contributed by atoms with E-state index in [1.54, 1.807) is 0 Å². The average molecular weight is 197 g/mol. The summed E-state index contributed by atoms with van der Waals surface area (Å²) in [5.74, 6) is 0.418. The molecule has 0 spiro atoms. The fourth-order valence-electron chi connectivity index (χ4n) is 2.45. The number of amides is 2. The van der Waals surface area contributed by atoms with Gasteiger partial charge in [0.1, 0.15) is 0 Å². The minimum Gasteiger partial charge on any atom is -0.350 e. The average Bonchev–Trinajstić information content (AvgIpc) is 2.39. The van der Waals surface area contributed by atoms with Crippen molar-refractivity contribution in [2.45, 2.75) is 34.6 Å². The molecule has 0 atom stereocenters. The van der Waals surface area contributed by atoms with E-state index in [0.717, 1.165) is 5.71 Å². The number of hydrazone groups is 1. The molecule has 0 aromatic heterocycles. The van der Waals surface area contributed by atoms with E-state index in [9.17, 15) is 4.79 Å². The van der Waals surface area contributed by atoms with Crippen LogP contribution >= 0.6 is 0 Å². The standard InChI is InChI=1S/C10H19N3O/c1-6(12-13-8(11)14)7-9(2,3)10(7,4)5/h7H,1-5H3,(H3,11,13,14). The summed E-state index contributed by atoms with van der Waals surface area (Å²) < 4.78 is 0. The second kappa shape index (κ2) is 2.97. The molecule has 0 saturated heterocycles. The van der Waals surface area contributed by atoms with E-state index in [1.807, 2.05) is 6.92 Å². The largest absolute Gasteiger partial charge is 0.350 e. The molecule has 0 aromatic carbocycles. The van der Waals surface area contributed by atoms with Gasteiger partial charge in [0.05, 0.1) is 0 Å². The van der Waals surface area contributed by atoms with E-state index in [-0.39, 0.29) is 10.8 Å². The van der Waals surface area contributed by atoms with E-state index < -0.39 is 6.03 Å². The van der Waals surface area contributed by atoms with Crippen molar-refractivity contribution in [1.82, 2.24) is 5.43 Å². The molecule has 1 saturated carbocycles. The molecular formula is C10H19N3O. The highest BCUT2D eigenvalue weighted by Crippen LogP contribution is 2.68. The van der Waals surface area contributed by atoms with Gasteiger partial charge in [-0.2, -0.15) is 5.10 Å². The quantitative estimate of drug-likeness (QED) is 0.513. The zero-order chi connectivity index (χ0) is 11.1. The summed E-state index contributed by atoms with van der Waals surface area (Å²) in [6.07, 6.45) is 0. The maximum atomic E-state index is 10.5. The first-order valence-electron chi connectivity index (χ1n) is 4.81. The van der Waals surface area contributed by atoms with Crippen LogP contribution in [0.4, 0.5) is 4.79 Å². The van der Waals surface area contributed by atoms with Crippen LogP contribution in [-0.2, 0) is 0 Å². The summed E-state index contributed by atoms with van der Waals surface area (Å²) in [5, 5.41) is 3.97. The summed E-state index contributed by atoms with van der Waals surface area (Å²) in [6, 6.07) is -0.611. The van der Waals surface area contributed by atoms with Gasteiger partial charge in [-0.1, -0.05) is 27.7 Å². The second-order valence-corrected chi connectivity index (χ2v) is 5.11. The van der Waals surface area contributed by atoms with Crippen LogP contribution in [0.3, 0.4) is 0 Å². The van der Waals surface area contributed by atoms with Gasteiger partial charge < -0.3 is 5.73 Å². The Balaban J connectivity index is 2.70. The number of primary amides is 1. The molecule has 0 radical (unpaired) electrons. The lowest BCUT2D eigenvalue weighted by Crippen LogP contribution is -2.26. The van der Waals surface area contributed by atoms with Crippen LogP contribution < -0.4 is 11.2 Å². The van der Waals surface area contributed by atoms with Crippen LogP contribution in [0.1, 0.15) is 34.6 Å². The molecule has 0 bridgehead atoms. The van der Waals surface area contributed by atoms with Gasteiger partial charge in [0, 0.05) is 11.6 Å². The lowest BCUT2D eigenvalue weighted by molar-refractivity contribution is 0.249. The number of hydrogen-bond donors (Lipinski definition) is 2. The number of hydrogen-bond acceptors (Lipinski definition) is 2. The molecule has 1 aliphatic carbocycles. The van der Waals surface area contributed by atoms with Crippen LogP contribution in [-0.4, -0.2) is 11.7 Å². The van der Waals surface area contributed by atoms with Crippen molar-refractivity contribution >= 4 is 11.7 Å². The lowest BCUT2D eigenvalue weighted by Gasteiger charge is -2.03. The van der Waals surface area contributed by atoms with Crippen molar-refractivity contribution in [1.29, 1.82) is 0 Å². The number of urea groups is 1. The van der Waals surface area contributed by atoms with Gasteiger partial charge in [-0.15, -0.1) is 0 Å². The monoisotopic (exact) mass is 197 g/mol. The van der Waals surface area contributed by atoms with Crippen LogP contribution in [0.25, 0.3) is 0 Å². The third-order valence-electron chi connectivity index (χ3n) is 3.78. The Kier molecular flexibility index (Phi) is 2.34. The molecule has 0 unspecified atom stereocenters. The highest BCUT2D eigenvalue weighted by atomic mass is 16.2.